The zero-order chi connectivity index (χ0) is 17.5. The number of piperazine rings is 1. The molecule has 0 atom stereocenters. The Morgan fingerprint density at radius 2 is 1.92 bits per heavy atom. The summed E-state index contributed by atoms with van der Waals surface area (Å²) >= 11 is 12.1. The van der Waals surface area contributed by atoms with E-state index in [4.69, 9.17) is 23.2 Å². The van der Waals surface area contributed by atoms with Crippen LogP contribution < -0.4 is 5.32 Å². The summed E-state index contributed by atoms with van der Waals surface area (Å²) in [5.41, 5.74) is 1.12. The predicted molar refractivity (Wildman–Crippen MR) is 101 cm³/mol. The monoisotopic (exact) mass is 371 g/mol. The lowest BCUT2D eigenvalue weighted by Crippen LogP contribution is -2.52. The van der Waals surface area contributed by atoms with E-state index < -0.39 is 0 Å². The highest BCUT2D eigenvalue weighted by Gasteiger charge is 2.20. The van der Waals surface area contributed by atoms with Crippen LogP contribution in [-0.2, 0) is 6.42 Å². The first kappa shape index (κ1) is 19.4. The molecule has 4 nitrogen and oxygen atoms in total. The van der Waals surface area contributed by atoms with Gasteiger partial charge in [-0.3, -0.25) is 4.90 Å². The first-order valence-electron chi connectivity index (χ1n) is 8.64. The van der Waals surface area contributed by atoms with E-state index in [1.165, 1.54) is 0 Å². The molecule has 0 spiro atoms. The van der Waals surface area contributed by atoms with Gasteiger partial charge < -0.3 is 10.2 Å². The third-order valence-electron chi connectivity index (χ3n) is 4.37. The largest absolute Gasteiger partial charge is 0.338 e. The molecule has 0 bridgehead atoms. The van der Waals surface area contributed by atoms with Crippen molar-refractivity contribution in [1.82, 2.24) is 15.1 Å². The van der Waals surface area contributed by atoms with E-state index in [-0.39, 0.29) is 6.03 Å². The summed E-state index contributed by atoms with van der Waals surface area (Å²) in [7, 11) is 0. The van der Waals surface area contributed by atoms with Crippen molar-refractivity contribution in [1.29, 1.82) is 0 Å². The molecule has 0 aliphatic carbocycles. The van der Waals surface area contributed by atoms with Crippen molar-refractivity contribution < 1.29 is 4.79 Å². The number of urea groups is 1. The smallest absolute Gasteiger partial charge is 0.317 e. The molecule has 24 heavy (non-hydrogen) atoms. The lowest BCUT2D eigenvalue weighted by Gasteiger charge is -2.34. The third-order valence-corrected chi connectivity index (χ3v) is 4.96. The maximum atomic E-state index is 12.1. The molecule has 1 N–H and O–H groups in total. The second-order valence-corrected chi connectivity index (χ2v) is 7.57. The molecule has 2 rings (SSSR count). The van der Waals surface area contributed by atoms with Crippen LogP contribution in [0.3, 0.4) is 0 Å². The second-order valence-electron chi connectivity index (χ2n) is 6.73. The van der Waals surface area contributed by atoms with E-state index in [9.17, 15) is 4.79 Å². The number of carbonyl (C=O) groups excluding carboxylic acids is 1. The molecule has 1 aromatic carbocycles. The highest BCUT2D eigenvalue weighted by atomic mass is 35.5. The van der Waals surface area contributed by atoms with Crippen LogP contribution in [0.4, 0.5) is 4.79 Å². The molecular formula is C18H27Cl2N3O. The van der Waals surface area contributed by atoms with Gasteiger partial charge in [-0.05, 0) is 36.5 Å². The van der Waals surface area contributed by atoms with Crippen molar-refractivity contribution >= 4 is 29.2 Å². The Balaban J connectivity index is 1.69. The van der Waals surface area contributed by atoms with Gasteiger partial charge in [-0.1, -0.05) is 43.1 Å². The van der Waals surface area contributed by atoms with Gasteiger partial charge in [0.05, 0.1) is 0 Å². The number of nitrogens with zero attached hydrogens (tertiary/aromatic N) is 2. The molecule has 1 heterocycles. The van der Waals surface area contributed by atoms with Crippen LogP contribution in [0.1, 0.15) is 25.8 Å². The minimum absolute atomic E-state index is 0.0658. The molecule has 6 heteroatoms. The number of rotatable bonds is 6. The number of hydrogen-bond donors (Lipinski definition) is 1. The quantitative estimate of drug-likeness (QED) is 0.822. The van der Waals surface area contributed by atoms with Crippen molar-refractivity contribution in [2.45, 2.75) is 26.7 Å². The molecule has 134 valence electrons. The van der Waals surface area contributed by atoms with Gasteiger partial charge in [0.1, 0.15) is 0 Å². The summed E-state index contributed by atoms with van der Waals surface area (Å²) in [5, 5.41) is 4.40. The van der Waals surface area contributed by atoms with Gasteiger partial charge in [0.25, 0.3) is 0 Å². The van der Waals surface area contributed by atoms with Crippen molar-refractivity contribution in [2.24, 2.45) is 5.92 Å². The first-order chi connectivity index (χ1) is 11.5. The fourth-order valence-electron chi connectivity index (χ4n) is 2.76. The SMILES string of the molecule is CC(C)CCNC(=O)N1CCN(CCc2ccc(Cl)cc2Cl)CC1. The second kappa shape index (κ2) is 9.50. The van der Waals surface area contributed by atoms with Crippen molar-refractivity contribution in [3.8, 4) is 0 Å². The number of amides is 2. The molecule has 0 saturated carbocycles. The fourth-order valence-corrected chi connectivity index (χ4v) is 3.26. The minimum Gasteiger partial charge on any atom is -0.338 e. The average molecular weight is 372 g/mol. The highest BCUT2D eigenvalue weighted by molar-refractivity contribution is 6.35. The molecule has 2 amide bonds. The van der Waals surface area contributed by atoms with Gasteiger partial charge in [-0.2, -0.15) is 0 Å². The van der Waals surface area contributed by atoms with Crippen LogP contribution in [0, 0.1) is 5.92 Å². The van der Waals surface area contributed by atoms with Crippen molar-refractivity contribution in [3.63, 3.8) is 0 Å². The summed E-state index contributed by atoms with van der Waals surface area (Å²) in [6.07, 6.45) is 1.92. The number of benzene rings is 1. The van der Waals surface area contributed by atoms with Crippen LogP contribution in [0.25, 0.3) is 0 Å². The van der Waals surface area contributed by atoms with E-state index >= 15 is 0 Å². The summed E-state index contributed by atoms with van der Waals surface area (Å²) in [4.78, 5) is 16.4. The number of halogens is 2. The Labute approximate surface area is 155 Å². The molecule has 1 aromatic rings. The lowest BCUT2D eigenvalue weighted by atomic mass is 10.1. The maximum Gasteiger partial charge on any atom is 0.317 e. The summed E-state index contributed by atoms with van der Waals surface area (Å²) in [6.45, 7) is 9.40. The van der Waals surface area contributed by atoms with Gasteiger partial charge in [0.15, 0.2) is 0 Å². The predicted octanol–water partition coefficient (Wildman–Crippen LogP) is 3.91. The molecular weight excluding hydrogens is 345 g/mol. The molecule has 0 radical (unpaired) electrons. The van der Waals surface area contributed by atoms with Crippen LogP contribution >= 0.6 is 23.2 Å². The third kappa shape index (κ3) is 6.15. The summed E-state index contributed by atoms with van der Waals surface area (Å²) in [6, 6.07) is 5.72. The van der Waals surface area contributed by atoms with E-state index in [0.717, 1.165) is 62.7 Å². The van der Waals surface area contributed by atoms with Crippen LogP contribution in [0.15, 0.2) is 18.2 Å². The molecule has 1 aliphatic heterocycles. The van der Waals surface area contributed by atoms with Crippen molar-refractivity contribution in [3.05, 3.63) is 33.8 Å². The van der Waals surface area contributed by atoms with Gasteiger partial charge in [0, 0.05) is 49.3 Å². The fraction of sp³-hybridized carbons (Fsp3) is 0.611. The first-order valence-corrected chi connectivity index (χ1v) is 9.40. The Morgan fingerprint density at radius 3 is 2.54 bits per heavy atom. The molecule has 0 unspecified atom stereocenters. The summed E-state index contributed by atoms with van der Waals surface area (Å²) < 4.78 is 0. The minimum atomic E-state index is 0.0658. The standard InChI is InChI=1S/C18H27Cl2N3O/c1-14(2)5-7-21-18(24)23-11-9-22(10-12-23)8-6-15-3-4-16(19)13-17(15)20/h3-4,13-14H,5-12H2,1-2H3,(H,21,24). The normalized spacial score (nSPS) is 15.8. The van der Waals surface area contributed by atoms with Gasteiger partial charge in [-0.25, -0.2) is 4.79 Å². The maximum absolute atomic E-state index is 12.1. The molecule has 1 saturated heterocycles. The average Bonchev–Trinajstić information content (AvgIpc) is 2.54. The van der Waals surface area contributed by atoms with Crippen LogP contribution in [0.2, 0.25) is 10.0 Å². The highest BCUT2D eigenvalue weighted by Crippen LogP contribution is 2.21. The lowest BCUT2D eigenvalue weighted by molar-refractivity contribution is 0.140. The Kier molecular flexibility index (Phi) is 7.66. The van der Waals surface area contributed by atoms with E-state index in [1.807, 2.05) is 17.0 Å². The van der Waals surface area contributed by atoms with Gasteiger partial charge in [-0.15, -0.1) is 0 Å². The van der Waals surface area contributed by atoms with Gasteiger partial charge >= 0.3 is 6.03 Å². The van der Waals surface area contributed by atoms with E-state index in [2.05, 4.69) is 24.1 Å². The van der Waals surface area contributed by atoms with Crippen LogP contribution in [-0.4, -0.2) is 55.1 Å². The van der Waals surface area contributed by atoms with E-state index in [1.54, 1.807) is 6.07 Å². The number of carbonyl (C=O) groups is 1. The zero-order valence-corrected chi connectivity index (χ0v) is 16.0. The van der Waals surface area contributed by atoms with Crippen LogP contribution in [0.5, 0.6) is 0 Å². The molecule has 1 aliphatic rings. The topological polar surface area (TPSA) is 35.6 Å². The number of hydrogen-bond acceptors (Lipinski definition) is 2. The Hall–Kier alpha value is -0.970. The molecule has 1 fully saturated rings. The van der Waals surface area contributed by atoms with Crippen molar-refractivity contribution in [2.75, 3.05) is 39.3 Å². The number of nitrogens with one attached hydrogen (secondary N) is 1. The Bertz CT molecular complexity index is 543. The summed E-state index contributed by atoms with van der Waals surface area (Å²) in [5.74, 6) is 0.613. The Morgan fingerprint density at radius 1 is 1.21 bits per heavy atom. The zero-order valence-electron chi connectivity index (χ0n) is 14.5. The molecule has 0 aromatic heterocycles. The van der Waals surface area contributed by atoms with E-state index in [0.29, 0.717) is 10.9 Å². The van der Waals surface area contributed by atoms with Gasteiger partial charge in [0.2, 0.25) is 0 Å².